The van der Waals surface area contributed by atoms with Crippen LogP contribution in [0.5, 0.6) is 0 Å². The van der Waals surface area contributed by atoms with Gasteiger partial charge >= 0.3 is 11.9 Å². The first-order valence-electron chi connectivity index (χ1n) is 8.75. The van der Waals surface area contributed by atoms with Crippen LogP contribution in [-0.2, 0) is 19.8 Å². The fraction of sp³-hybridized carbons (Fsp3) is 0.150. The van der Waals surface area contributed by atoms with Gasteiger partial charge in [-0.25, -0.2) is 9.78 Å². The van der Waals surface area contributed by atoms with Crippen molar-refractivity contribution in [1.29, 1.82) is 0 Å². The quantitative estimate of drug-likeness (QED) is 0.495. The molecule has 2 heterocycles. The molecule has 0 amide bonds. The molecule has 0 radical (unpaired) electrons. The molecular weight excluding hydrogens is 421 g/mol. The maximum atomic E-state index is 13.4. The lowest BCUT2D eigenvalue weighted by molar-refractivity contribution is -0.138. The number of nitrogens with zero attached hydrogens (tertiary/aromatic N) is 4. The number of halogens is 4. The molecule has 10 heteroatoms. The molecule has 0 atom stereocenters. The Balaban J connectivity index is 1.84. The fourth-order valence-corrected chi connectivity index (χ4v) is 3.62. The largest absolute Gasteiger partial charge is 0.418 e. The summed E-state index contributed by atoms with van der Waals surface area (Å²) in [6.07, 6.45) is -1.82. The average Bonchev–Trinajstić information content (AvgIpc) is 3.04. The Morgan fingerprint density at radius 1 is 1.10 bits per heavy atom. The Bertz CT molecular complexity index is 1390. The van der Waals surface area contributed by atoms with E-state index in [2.05, 4.69) is 4.98 Å². The van der Waals surface area contributed by atoms with E-state index in [1.54, 1.807) is 29.1 Å². The van der Waals surface area contributed by atoms with E-state index in [1.165, 1.54) is 22.9 Å². The highest BCUT2D eigenvalue weighted by molar-refractivity contribution is 6.31. The van der Waals surface area contributed by atoms with Gasteiger partial charge in [0.2, 0.25) is 0 Å². The molecule has 0 bridgehead atoms. The lowest BCUT2D eigenvalue weighted by Gasteiger charge is -2.16. The predicted octanol–water partition coefficient (Wildman–Crippen LogP) is 3.61. The van der Waals surface area contributed by atoms with Crippen molar-refractivity contribution in [3.8, 4) is 5.69 Å². The van der Waals surface area contributed by atoms with Gasteiger partial charge < -0.3 is 4.57 Å². The predicted molar refractivity (Wildman–Crippen MR) is 106 cm³/mol. The summed E-state index contributed by atoms with van der Waals surface area (Å²) >= 11 is 5.74. The molecule has 6 nitrogen and oxygen atoms in total. The van der Waals surface area contributed by atoms with E-state index in [9.17, 15) is 22.8 Å². The van der Waals surface area contributed by atoms with Crippen molar-refractivity contribution >= 4 is 22.6 Å². The van der Waals surface area contributed by atoms with E-state index < -0.39 is 34.6 Å². The van der Waals surface area contributed by atoms with E-state index in [-0.39, 0.29) is 5.56 Å². The Morgan fingerprint density at radius 3 is 2.60 bits per heavy atom. The standard InChI is InChI=1S/C20H14ClF3N4O2/c1-26-11-25-15-9-13(5-6-16(15)26)27-8-7-17(29)28(19(27)30)10-12-3-2-4-14(21)18(12)20(22,23)24/h2-9,11H,10H2,1H3. The van der Waals surface area contributed by atoms with Crippen molar-refractivity contribution in [2.75, 3.05) is 0 Å². The van der Waals surface area contributed by atoms with Gasteiger partial charge in [-0.05, 0) is 29.8 Å². The molecule has 30 heavy (non-hydrogen) atoms. The molecular formula is C20H14ClF3N4O2. The van der Waals surface area contributed by atoms with Crippen LogP contribution in [0.1, 0.15) is 11.1 Å². The number of fused-ring (bicyclic) bond motifs is 1. The fourth-order valence-electron chi connectivity index (χ4n) is 3.32. The van der Waals surface area contributed by atoms with Gasteiger partial charge in [-0.3, -0.25) is 13.9 Å². The second kappa shape index (κ2) is 7.17. The van der Waals surface area contributed by atoms with Crippen molar-refractivity contribution in [2.24, 2.45) is 7.05 Å². The Kier molecular flexibility index (Phi) is 4.77. The highest BCUT2D eigenvalue weighted by Gasteiger charge is 2.36. The van der Waals surface area contributed by atoms with Gasteiger partial charge in [0.05, 0.1) is 40.2 Å². The smallest absolute Gasteiger partial charge is 0.334 e. The molecule has 0 saturated heterocycles. The third-order valence-electron chi connectivity index (χ3n) is 4.77. The van der Waals surface area contributed by atoms with E-state index in [4.69, 9.17) is 11.6 Å². The highest BCUT2D eigenvalue weighted by atomic mass is 35.5. The highest BCUT2D eigenvalue weighted by Crippen LogP contribution is 2.37. The summed E-state index contributed by atoms with van der Waals surface area (Å²) in [7, 11) is 1.82. The molecule has 0 spiro atoms. The third-order valence-corrected chi connectivity index (χ3v) is 5.08. The van der Waals surface area contributed by atoms with Crippen LogP contribution in [0, 0.1) is 0 Å². The Hall–Kier alpha value is -3.33. The van der Waals surface area contributed by atoms with Crippen LogP contribution in [0.25, 0.3) is 16.7 Å². The molecule has 2 aromatic carbocycles. The summed E-state index contributed by atoms with van der Waals surface area (Å²) in [4.78, 5) is 29.5. The van der Waals surface area contributed by atoms with Gasteiger partial charge in [0, 0.05) is 19.3 Å². The number of imidazole rings is 1. The van der Waals surface area contributed by atoms with E-state index >= 15 is 0 Å². The summed E-state index contributed by atoms with van der Waals surface area (Å²) < 4.78 is 44.1. The SMILES string of the molecule is Cn1cnc2cc(-n3ccc(=O)n(Cc4cccc(Cl)c4C(F)(F)F)c3=O)ccc21. The molecule has 0 aliphatic carbocycles. The monoisotopic (exact) mass is 434 g/mol. The molecule has 0 aliphatic rings. The van der Waals surface area contributed by atoms with Gasteiger partial charge in [-0.2, -0.15) is 13.2 Å². The molecule has 2 aromatic heterocycles. The van der Waals surface area contributed by atoms with Crippen molar-refractivity contribution in [3.63, 3.8) is 0 Å². The number of hydrogen-bond donors (Lipinski definition) is 0. The zero-order valence-corrected chi connectivity index (χ0v) is 16.3. The van der Waals surface area contributed by atoms with Crippen molar-refractivity contribution in [2.45, 2.75) is 12.7 Å². The number of benzene rings is 2. The number of hydrogen-bond acceptors (Lipinski definition) is 3. The molecule has 0 aliphatic heterocycles. The van der Waals surface area contributed by atoms with Crippen LogP contribution in [0.4, 0.5) is 13.2 Å². The van der Waals surface area contributed by atoms with E-state index in [0.29, 0.717) is 11.2 Å². The first kappa shape index (κ1) is 20.0. The van der Waals surface area contributed by atoms with Gasteiger partial charge in [-0.1, -0.05) is 23.7 Å². The minimum Gasteiger partial charge on any atom is -0.334 e. The molecule has 0 saturated carbocycles. The topological polar surface area (TPSA) is 61.8 Å². The molecule has 154 valence electrons. The normalized spacial score (nSPS) is 11.9. The molecule has 0 unspecified atom stereocenters. The average molecular weight is 435 g/mol. The number of aromatic nitrogens is 4. The van der Waals surface area contributed by atoms with Crippen molar-refractivity contribution in [1.82, 2.24) is 18.7 Å². The van der Waals surface area contributed by atoms with Gasteiger partial charge in [0.1, 0.15) is 0 Å². The molecule has 0 fully saturated rings. The first-order valence-corrected chi connectivity index (χ1v) is 9.13. The van der Waals surface area contributed by atoms with Gasteiger partial charge in [0.25, 0.3) is 5.56 Å². The van der Waals surface area contributed by atoms with Crippen LogP contribution >= 0.6 is 11.6 Å². The lowest BCUT2D eigenvalue weighted by Crippen LogP contribution is -2.39. The molecule has 0 N–H and O–H groups in total. The minimum atomic E-state index is -4.73. The summed E-state index contributed by atoms with van der Waals surface area (Å²) in [6.45, 7) is -0.570. The van der Waals surface area contributed by atoms with Crippen LogP contribution in [0.2, 0.25) is 5.02 Å². The maximum Gasteiger partial charge on any atom is 0.418 e. The second-order valence-electron chi connectivity index (χ2n) is 6.69. The van der Waals surface area contributed by atoms with E-state index in [1.807, 2.05) is 7.05 Å². The van der Waals surface area contributed by atoms with Crippen molar-refractivity contribution < 1.29 is 13.2 Å². The lowest BCUT2D eigenvalue weighted by atomic mass is 10.1. The third kappa shape index (κ3) is 3.41. The summed E-state index contributed by atoms with van der Waals surface area (Å²) in [5.74, 6) is 0. The van der Waals surface area contributed by atoms with Gasteiger partial charge in [0.15, 0.2) is 0 Å². The van der Waals surface area contributed by atoms with Crippen LogP contribution in [0.3, 0.4) is 0 Å². The summed E-state index contributed by atoms with van der Waals surface area (Å²) in [6, 6.07) is 9.86. The summed E-state index contributed by atoms with van der Waals surface area (Å²) in [5.41, 5.74) is -0.922. The maximum absolute atomic E-state index is 13.4. The Morgan fingerprint density at radius 2 is 1.87 bits per heavy atom. The first-order chi connectivity index (χ1) is 14.2. The molecule has 4 aromatic rings. The second-order valence-corrected chi connectivity index (χ2v) is 7.10. The summed E-state index contributed by atoms with van der Waals surface area (Å²) in [5, 5.41) is -0.495. The van der Waals surface area contributed by atoms with Gasteiger partial charge in [-0.15, -0.1) is 0 Å². The van der Waals surface area contributed by atoms with Crippen LogP contribution < -0.4 is 11.2 Å². The number of alkyl halides is 3. The minimum absolute atomic E-state index is 0.271. The number of aryl methyl sites for hydroxylation is 1. The zero-order valence-electron chi connectivity index (χ0n) is 15.5. The zero-order chi connectivity index (χ0) is 21.6. The number of rotatable bonds is 3. The van der Waals surface area contributed by atoms with Crippen LogP contribution in [0.15, 0.2) is 64.6 Å². The van der Waals surface area contributed by atoms with Crippen LogP contribution in [-0.4, -0.2) is 18.7 Å². The Labute approximate surface area is 172 Å². The van der Waals surface area contributed by atoms with Crippen molar-refractivity contribution in [3.05, 3.63) is 92.0 Å². The molecule has 4 rings (SSSR count). The van der Waals surface area contributed by atoms with E-state index in [0.717, 1.165) is 22.2 Å².